The SMILES string of the molecule is CNS(=O)(=O)Cc1ccc(Oc2cc(CNc3ncc(Cl)cn3)nc(C(F)(F)F)n2)cc1. The summed E-state index contributed by atoms with van der Waals surface area (Å²) in [7, 11) is -2.17. The Labute approximate surface area is 186 Å². The smallest absolute Gasteiger partial charge is 0.439 e. The van der Waals surface area contributed by atoms with Crippen molar-refractivity contribution in [1.29, 1.82) is 0 Å². The van der Waals surface area contributed by atoms with Crippen LogP contribution in [0.3, 0.4) is 0 Å². The number of nitrogens with one attached hydrogen (secondary N) is 2. The fourth-order valence-electron chi connectivity index (χ4n) is 2.38. The largest absolute Gasteiger partial charge is 0.451 e. The first kappa shape index (κ1) is 23.6. The predicted molar refractivity (Wildman–Crippen MR) is 110 cm³/mol. The summed E-state index contributed by atoms with van der Waals surface area (Å²) in [6, 6.07) is 7.05. The predicted octanol–water partition coefficient (Wildman–Crippen LogP) is 3.39. The van der Waals surface area contributed by atoms with E-state index in [2.05, 4.69) is 30.0 Å². The summed E-state index contributed by atoms with van der Waals surface area (Å²) in [6.07, 6.45) is -2.13. The molecule has 14 heteroatoms. The van der Waals surface area contributed by atoms with Crippen molar-refractivity contribution < 1.29 is 26.3 Å². The van der Waals surface area contributed by atoms with E-state index in [4.69, 9.17) is 16.3 Å². The zero-order chi connectivity index (χ0) is 23.4. The van der Waals surface area contributed by atoms with E-state index in [9.17, 15) is 21.6 Å². The summed E-state index contributed by atoms with van der Waals surface area (Å²) in [4.78, 5) is 14.7. The minimum Gasteiger partial charge on any atom is -0.439 e. The molecule has 1 aromatic carbocycles. The third-order valence-electron chi connectivity index (χ3n) is 3.87. The normalized spacial score (nSPS) is 11.9. The molecule has 3 rings (SSSR count). The second-order valence-corrected chi connectivity index (χ2v) is 8.67. The lowest BCUT2D eigenvalue weighted by atomic mass is 10.2. The molecule has 3 aromatic rings. The summed E-state index contributed by atoms with van der Waals surface area (Å²) in [5.41, 5.74) is 0.454. The number of nitrogens with zero attached hydrogens (tertiary/aromatic N) is 4. The minimum absolute atomic E-state index is 0.0161. The minimum atomic E-state index is -4.80. The average molecular weight is 489 g/mol. The van der Waals surface area contributed by atoms with Crippen LogP contribution in [0, 0.1) is 0 Å². The molecule has 0 fully saturated rings. The maximum absolute atomic E-state index is 13.2. The second kappa shape index (κ2) is 9.63. The van der Waals surface area contributed by atoms with Crippen LogP contribution in [0.4, 0.5) is 19.1 Å². The highest BCUT2D eigenvalue weighted by molar-refractivity contribution is 7.88. The quantitative estimate of drug-likeness (QED) is 0.495. The first-order valence-electron chi connectivity index (χ1n) is 8.89. The highest BCUT2D eigenvalue weighted by Crippen LogP contribution is 2.29. The van der Waals surface area contributed by atoms with Gasteiger partial charge in [-0.25, -0.2) is 28.1 Å². The lowest BCUT2D eigenvalue weighted by Crippen LogP contribution is -2.20. The molecule has 0 bridgehead atoms. The fourth-order valence-corrected chi connectivity index (χ4v) is 3.25. The van der Waals surface area contributed by atoms with Gasteiger partial charge in [0.2, 0.25) is 27.7 Å². The van der Waals surface area contributed by atoms with Gasteiger partial charge in [-0.05, 0) is 24.7 Å². The van der Waals surface area contributed by atoms with E-state index in [0.29, 0.717) is 10.6 Å². The van der Waals surface area contributed by atoms with E-state index < -0.39 is 22.0 Å². The van der Waals surface area contributed by atoms with Crippen LogP contribution in [0.25, 0.3) is 0 Å². The van der Waals surface area contributed by atoms with Gasteiger partial charge in [0.15, 0.2) is 0 Å². The average Bonchev–Trinajstić information content (AvgIpc) is 2.74. The second-order valence-electron chi connectivity index (χ2n) is 6.31. The molecular formula is C18H16ClF3N6O3S. The van der Waals surface area contributed by atoms with E-state index in [-0.39, 0.29) is 35.6 Å². The Morgan fingerprint density at radius 2 is 1.75 bits per heavy atom. The number of halogens is 4. The van der Waals surface area contributed by atoms with Gasteiger partial charge in [0, 0.05) is 6.07 Å². The van der Waals surface area contributed by atoms with Crippen molar-refractivity contribution in [1.82, 2.24) is 24.7 Å². The van der Waals surface area contributed by atoms with Gasteiger partial charge in [0.25, 0.3) is 0 Å². The first-order valence-corrected chi connectivity index (χ1v) is 10.9. The number of benzene rings is 1. The number of sulfonamides is 1. The number of hydrogen-bond donors (Lipinski definition) is 2. The van der Waals surface area contributed by atoms with E-state index in [1.807, 2.05) is 0 Å². The Hall–Kier alpha value is -3.03. The van der Waals surface area contributed by atoms with Crippen molar-refractivity contribution in [2.24, 2.45) is 0 Å². The Morgan fingerprint density at radius 1 is 1.09 bits per heavy atom. The Bertz CT molecular complexity index is 1180. The molecule has 0 aliphatic heterocycles. The van der Waals surface area contributed by atoms with Crippen LogP contribution in [-0.2, 0) is 28.5 Å². The lowest BCUT2D eigenvalue weighted by molar-refractivity contribution is -0.145. The highest BCUT2D eigenvalue weighted by atomic mass is 35.5. The summed E-state index contributed by atoms with van der Waals surface area (Å²) in [5.74, 6) is -1.64. The van der Waals surface area contributed by atoms with Gasteiger partial charge >= 0.3 is 6.18 Å². The summed E-state index contributed by atoms with van der Waals surface area (Å²) in [5, 5.41) is 3.04. The van der Waals surface area contributed by atoms with E-state index >= 15 is 0 Å². The maximum Gasteiger partial charge on any atom is 0.451 e. The summed E-state index contributed by atoms with van der Waals surface area (Å²) < 4.78 is 70.6. The maximum atomic E-state index is 13.2. The Morgan fingerprint density at radius 3 is 2.34 bits per heavy atom. The van der Waals surface area contributed by atoms with Crippen LogP contribution in [0.2, 0.25) is 5.02 Å². The summed E-state index contributed by atoms with van der Waals surface area (Å²) >= 11 is 5.70. The monoisotopic (exact) mass is 488 g/mol. The molecule has 0 unspecified atom stereocenters. The van der Waals surface area contributed by atoms with Crippen molar-refractivity contribution in [3.63, 3.8) is 0 Å². The molecule has 2 N–H and O–H groups in total. The third kappa shape index (κ3) is 6.73. The van der Waals surface area contributed by atoms with Crippen molar-refractivity contribution in [2.45, 2.75) is 18.5 Å². The van der Waals surface area contributed by atoms with Crippen LogP contribution in [0.5, 0.6) is 11.6 Å². The third-order valence-corrected chi connectivity index (χ3v) is 5.40. The van der Waals surface area contributed by atoms with Crippen molar-refractivity contribution >= 4 is 27.6 Å². The van der Waals surface area contributed by atoms with Gasteiger partial charge in [-0.2, -0.15) is 18.2 Å². The van der Waals surface area contributed by atoms with Crippen LogP contribution in [0.15, 0.2) is 42.7 Å². The van der Waals surface area contributed by atoms with Gasteiger partial charge in [0.1, 0.15) is 5.75 Å². The molecule has 2 aromatic heterocycles. The van der Waals surface area contributed by atoms with Crippen LogP contribution in [-0.4, -0.2) is 35.4 Å². The Kier molecular flexibility index (Phi) is 7.11. The van der Waals surface area contributed by atoms with E-state index in [0.717, 1.165) is 0 Å². The molecule has 0 aliphatic carbocycles. The Balaban J connectivity index is 1.79. The van der Waals surface area contributed by atoms with Crippen LogP contribution >= 0.6 is 11.6 Å². The van der Waals surface area contributed by atoms with Gasteiger partial charge in [-0.15, -0.1) is 0 Å². The molecule has 0 aliphatic rings. The topological polar surface area (TPSA) is 119 Å². The number of rotatable bonds is 8. The zero-order valence-corrected chi connectivity index (χ0v) is 18.0. The van der Waals surface area contributed by atoms with E-state index in [1.165, 1.54) is 49.8 Å². The molecule has 0 amide bonds. The van der Waals surface area contributed by atoms with E-state index in [1.54, 1.807) is 0 Å². The molecule has 0 saturated heterocycles. The molecule has 32 heavy (non-hydrogen) atoms. The van der Waals surface area contributed by atoms with Crippen molar-refractivity contribution in [2.75, 3.05) is 12.4 Å². The fraction of sp³-hybridized carbons (Fsp3) is 0.222. The number of alkyl halides is 3. The van der Waals surface area contributed by atoms with Gasteiger partial charge in [-0.3, -0.25) is 0 Å². The van der Waals surface area contributed by atoms with Crippen LogP contribution < -0.4 is 14.8 Å². The highest BCUT2D eigenvalue weighted by Gasteiger charge is 2.35. The zero-order valence-electron chi connectivity index (χ0n) is 16.4. The molecule has 0 saturated carbocycles. The molecule has 0 spiro atoms. The molecular weight excluding hydrogens is 473 g/mol. The number of aromatic nitrogens is 4. The van der Waals surface area contributed by atoms with Gasteiger partial charge in [-0.1, -0.05) is 23.7 Å². The molecule has 2 heterocycles. The molecule has 0 atom stereocenters. The van der Waals surface area contributed by atoms with Crippen molar-refractivity contribution in [3.8, 4) is 11.6 Å². The van der Waals surface area contributed by atoms with Crippen molar-refractivity contribution in [3.05, 3.63) is 64.8 Å². The van der Waals surface area contributed by atoms with Gasteiger partial charge in [0.05, 0.1) is 35.4 Å². The van der Waals surface area contributed by atoms with Crippen LogP contribution in [0.1, 0.15) is 17.1 Å². The molecule has 170 valence electrons. The number of hydrogen-bond acceptors (Lipinski definition) is 8. The first-order chi connectivity index (χ1) is 15.0. The lowest BCUT2D eigenvalue weighted by Gasteiger charge is -2.12. The number of ether oxygens (including phenoxy) is 1. The molecule has 0 radical (unpaired) electrons. The van der Waals surface area contributed by atoms with Gasteiger partial charge < -0.3 is 10.1 Å². The molecule has 9 nitrogen and oxygen atoms in total. The number of anilines is 1. The standard InChI is InChI=1S/C18H16ClF3N6O3S/c1-23-32(29,30)10-11-2-4-14(5-3-11)31-15-6-13(27-16(28-15)18(20,21)22)9-26-17-24-7-12(19)8-25-17/h2-8,23H,9-10H2,1H3,(H,24,25,26). The summed E-state index contributed by atoms with van der Waals surface area (Å²) in [6.45, 7) is -0.135.